The minimum Gasteiger partial charge on any atom is -0.371 e. The fourth-order valence-electron chi connectivity index (χ4n) is 1.33. The van der Waals surface area contributed by atoms with Gasteiger partial charge in [-0.3, -0.25) is 4.79 Å². The van der Waals surface area contributed by atoms with Gasteiger partial charge >= 0.3 is 0 Å². The Morgan fingerprint density at radius 3 is 2.36 bits per heavy atom. The number of hydrogen-bond acceptors (Lipinski definition) is 4. The smallest absolute Gasteiger partial charge is 0.219 e. The van der Waals surface area contributed by atoms with E-state index in [0.29, 0.717) is 4.51 Å². The number of hydrogen-bond donors (Lipinski definition) is 0. The molecule has 0 radical (unpaired) electrons. The van der Waals surface area contributed by atoms with Crippen molar-refractivity contribution in [3.8, 4) is 0 Å². The summed E-state index contributed by atoms with van der Waals surface area (Å²) in [5.41, 5.74) is 0.779. The molecule has 1 aromatic carbocycles. The van der Waals surface area contributed by atoms with Crippen LogP contribution in [-0.2, 0) is 0 Å². The third-order valence-electron chi connectivity index (χ3n) is 2.23. The highest BCUT2D eigenvalue weighted by Crippen LogP contribution is 2.09. The zero-order valence-corrected chi connectivity index (χ0v) is 9.73. The van der Waals surface area contributed by atoms with Gasteiger partial charge in [0.1, 0.15) is 0 Å². The maximum atomic E-state index is 11.2. The zero-order chi connectivity index (χ0) is 10.7. The summed E-state index contributed by atoms with van der Waals surface area (Å²) >= 11 is 4.80. The van der Waals surface area contributed by atoms with E-state index in [9.17, 15) is 4.79 Å². The zero-order valence-electron chi connectivity index (χ0n) is 8.91. The molecule has 0 unspecified atom stereocenters. The summed E-state index contributed by atoms with van der Waals surface area (Å²) in [4.78, 5) is 15.3. The van der Waals surface area contributed by atoms with E-state index in [1.165, 1.54) is 0 Å². The van der Waals surface area contributed by atoms with Crippen LogP contribution in [0.15, 0.2) is 10.9 Å². The molecule has 1 rings (SSSR count). The standard InChI is InChI=1S/C10H16N2OS/c1-11(2)5-4-6-12(3)8-7-9(14)10(8)13/h7H,4-6H2,1-3H3. The van der Waals surface area contributed by atoms with Crippen LogP contribution in [0.5, 0.6) is 0 Å². The number of rotatable bonds is 5. The molecule has 0 heterocycles. The molecule has 78 valence electrons. The summed E-state index contributed by atoms with van der Waals surface area (Å²) in [5.74, 6) is 0. The van der Waals surface area contributed by atoms with Gasteiger partial charge in [0.15, 0.2) is 0 Å². The van der Waals surface area contributed by atoms with Gasteiger partial charge in [-0.1, -0.05) is 12.2 Å². The summed E-state index contributed by atoms with van der Waals surface area (Å²) in [6.07, 6.45) is 1.06. The molecule has 0 bridgehead atoms. The molecule has 0 aliphatic carbocycles. The predicted octanol–water partition coefficient (Wildman–Crippen LogP) is 1.04. The number of nitrogens with zero attached hydrogens (tertiary/aromatic N) is 2. The number of anilines is 1. The molecule has 0 saturated carbocycles. The Morgan fingerprint density at radius 2 is 1.93 bits per heavy atom. The van der Waals surface area contributed by atoms with Crippen molar-refractivity contribution in [1.82, 2.24) is 4.90 Å². The lowest BCUT2D eigenvalue weighted by molar-refractivity contribution is 0.401. The van der Waals surface area contributed by atoms with Crippen LogP contribution in [0.25, 0.3) is 0 Å². The van der Waals surface area contributed by atoms with Crippen molar-refractivity contribution in [3.63, 3.8) is 0 Å². The van der Waals surface area contributed by atoms with Gasteiger partial charge in [-0.15, -0.1) is 0 Å². The highest BCUT2D eigenvalue weighted by molar-refractivity contribution is 7.71. The molecule has 3 nitrogen and oxygen atoms in total. The third kappa shape index (κ3) is 2.62. The van der Waals surface area contributed by atoms with Crippen LogP contribution >= 0.6 is 12.2 Å². The van der Waals surface area contributed by atoms with Crippen molar-refractivity contribution in [1.29, 1.82) is 0 Å². The Hall–Kier alpha value is -0.740. The highest BCUT2D eigenvalue weighted by atomic mass is 32.1. The fourth-order valence-corrected chi connectivity index (χ4v) is 1.55. The van der Waals surface area contributed by atoms with Gasteiger partial charge in [0.25, 0.3) is 0 Å². The van der Waals surface area contributed by atoms with Crippen molar-refractivity contribution < 1.29 is 0 Å². The van der Waals surface area contributed by atoms with Crippen LogP contribution in [0, 0.1) is 4.51 Å². The van der Waals surface area contributed by atoms with Gasteiger partial charge in [-0.05, 0) is 33.1 Å². The summed E-state index contributed by atoms with van der Waals surface area (Å²) in [5, 5.41) is 0. The summed E-state index contributed by atoms with van der Waals surface area (Å²) in [6.45, 7) is 1.94. The van der Waals surface area contributed by atoms with Gasteiger partial charge in [0.2, 0.25) is 5.43 Å². The van der Waals surface area contributed by atoms with Crippen LogP contribution < -0.4 is 10.3 Å². The van der Waals surface area contributed by atoms with Crippen molar-refractivity contribution >= 4 is 17.9 Å². The molecule has 1 aromatic rings. The predicted molar refractivity (Wildman–Crippen MR) is 62.4 cm³/mol. The molecular formula is C10H16N2OS. The third-order valence-corrected chi connectivity index (χ3v) is 2.54. The lowest BCUT2D eigenvalue weighted by Crippen LogP contribution is -2.29. The van der Waals surface area contributed by atoms with Gasteiger partial charge in [-0.25, -0.2) is 0 Å². The van der Waals surface area contributed by atoms with E-state index in [1.54, 1.807) is 6.07 Å². The van der Waals surface area contributed by atoms with Crippen LogP contribution in [0.4, 0.5) is 5.69 Å². The Labute approximate surface area is 89.6 Å². The summed E-state index contributed by atoms with van der Waals surface area (Å²) in [6, 6.07) is 1.77. The largest absolute Gasteiger partial charge is 0.371 e. The quantitative estimate of drug-likeness (QED) is 0.680. The van der Waals surface area contributed by atoms with Gasteiger partial charge in [-0.2, -0.15) is 0 Å². The van der Waals surface area contributed by atoms with Crippen molar-refractivity contribution in [3.05, 3.63) is 20.8 Å². The second-order valence-corrected chi connectivity index (χ2v) is 4.24. The van der Waals surface area contributed by atoms with Crippen LogP contribution in [0.2, 0.25) is 0 Å². The molecule has 0 spiro atoms. The Bertz CT molecular complexity index is 366. The normalized spacial score (nSPS) is 11.1. The molecule has 14 heavy (non-hydrogen) atoms. The van der Waals surface area contributed by atoms with E-state index in [1.807, 2.05) is 26.0 Å². The second-order valence-electron chi connectivity index (χ2n) is 3.80. The van der Waals surface area contributed by atoms with Gasteiger partial charge in [0, 0.05) is 13.6 Å². The van der Waals surface area contributed by atoms with Gasteiger partial charge < -0.3 is 9.80 Å². The molecule has 0 fully saturated rings. The first-order valence-electron chi connectivity index (χ1n) is 4.68. The molecule has 0 N–H and O–H groups in total. The van der Waals surface area contributed by atoms with Gasteiger partial charge in [0.05, 0.1) is 10.2 Å². The maximum absolute atomic E-state index is 11.2. The SMILES string of the molecule is CN(C)CCCN(C)c1cc(=S)c1=O. The molecule has 0 atom stereocenters. The minimum absolute atomic E-state index is 0.0207. The molecule has 0 aliphatic heterocycles. The lowest BCUT2D eigenvalue weighted by Gasteiger charge is -2.20. The van der Waals surface area contributed by atoms with E-state index in [-0.39, 0.29) is 5.43 Å². The molecule has 0 amide bonds. The van der Waals surface area contributed by atoms with Crippen LogP contribution in [-0.4, -0.2) is 39.1 Å². The van der Waals surface area contributed by atoms with Crippen LogP contribution in [0.3, 0.4) is 0 Å². The molecule has 0 aliphatic rings. The maximum Gasteiger partial charge on any atom is 0.219 e. The Kier molecular flexibility index (Phi) is 3.77. The topological polar surface area (TPSA) is 23.6 Å². The van der Waals surface area contributed by atoms with E-state index in [4.69, 9.17) is 12.2 Å². The van der Waals surface area contributed by atoms with Crippen LogP contribution in [0.1, 0.15) is 6.42 Å². The van der Waals surface area contributed by atoms with Crippen molar-refractivity contribution in [2.45, 2.75) is 6.42 Å². The summed E-state index contributed by atoms with van der Waals surface area (Å²) in [7, 11) is 6.02. The highest BCUT2D eigenvalue weighted by Gasteiger charge is 2.10. The average molecular weight is 212 g/mol. The van der Waals surface area contributed by atoms with E-state index >= 15 is 0 Å². The Balaban J connectivity index is 2.38. The Morgan fingerprint density at radius 1 is 1.29 bits per heavy atom. The molecular weight excluding hydrogens is 196 g/mol. The van der Waals surface area contributed by atoms with E-state index < -0.39 is 0 Å². The first-order valence-corrected chi connectivity index (χ1v) is 5.09. The van der Waals surface area contributed by atoms with E-state index in [0.717, 1.165) is 25.2 Å². The first kappa shape index (κ1) is 11.3. The lowest BCUT2D eigenvalue weighted by atomic mass is 10.2. The fraction of sp³-hybridized carbons (Fsp3) is 0.600. The average Bonchev–Trinajstić information content (AvgIpc) is 2.12. The summed E-state index contributed by atoms with van der Waals surface area (Å²) < 4.78 is 0.458. The monoisotopic (exact) mass is 212 g/mol. The first-order chi connectivity index (χ1) is 6.52. The second kappa shape index (κ2) is 4.66. The molecule has 0 saturated heterocycles. The van der Waals surface area contributed by atoms with Crippen molar-refractivity contribution in [2.24, 2.45) is 0 Å². The molecule has 0 aromatic heterocycles. The minimum atomic E-state index is 0.0207. The van der Waals surface area contributed by atoms with E-state index in [2.05, 4.69) is 4.90 Å². The van der Waals surface area contributed by atoms with Crippen molar-refractivity contribution in [2.75, 3.05) is 39.1 Å². The molecule has 4 heteroatoms.